The number of carbonyl (C=O) groups is 2. The number of hydrogen-bond donors (Lipinski definition) is 1. The Bertz CT molecular complexity index is 1110. The van der Waals surface area contributed by atoms with Gasteiger partial charge in [-0.3, -0.25) is 4.79 Å². The molecule has 8 nitrogen and oxygen atoms in total. The molecular weight excluding hydrogens is 460 g/mol. The van der Waals surface area contributed by atoms with Crippen LogP contribution in [0.2, 0.25) is 0 Å². The molecule has 1 amide bonds. The third-order valence-electron chi connectivity index (χ3n) is 4.96. The summed E-state index contributed by atoms with van der Waals surface area (Å²) in [5.74, 6) is 1.31. The minimum absolute atomic E-state index is 0.128. The first-order chi connectivity index (χ1) is 15.8. The second-order valence-corrected chi connectivity index (χ2v) is 9.69. The first-order valence-corrected chi connectivity index (χ1v) is 12.4. The summed E-state index contributed by atoms with van der Waals surface area (Å²) < 4.78 is 12.4. The van der Waals surface area contributed by atoms with Crippen molar-refractivity contribution < 1.29 is 19.1 Å². The van der Waals surface area contributed by atoms with Crippen molar-refractivity contribution >= 4 is 40.0 Å². The van der Waals surface area contributed by atoms with Crippen molar-refractivity contribution in [3.63, 3.8) is 0 Å². The van der Waals surface area contributed by atoms with Crippen molar-refractivity contribution in [2.75, 3.05) is 18.2 Å². The molecule has 0 aliphatic carbocycles. The number of amides is 1. The molecule has 1 aromatic carbocycles. The molecule has 0 saturated carbocycles. The van der Waals surface area contributed by atoms with E-state index in [9.17, 15) is 9.59 Å². The Morgan fingerprint density at radius 1 is 1.21 bits per heavy atom. The number of thiophene rings is 1. The van der Waals surface area contributed by atoms with E-state index in [2.05, 4.69) is 41.5 Å². The van der Waals surface area contributed by atoms with E-state index in [0.29, 0.717) is 27.5 Å². The molecule has 0 aliphatic rings. The second-order valence-electron chi connectivity index (χ2n) is 7.61. The van der Waals surface area contributed by atoms with Crippen LogP contribution in [0.15, 0.2) is 35.5 Å². The minimum atomic E-state index is -0.467. The molecule has 0 unspecified atom stereocenters. The van der Waals surface area contributed by atoms with Gasteiger partial charge in [-0.15, -0.1) is 21.5 Å². The van der Waals surface area contributed by atoms with Crippen molar-refractivity contribution in [2.24, 2.45) is 7.05 Å². The molecule has 0 saturated heterocycles. The standard InChI is InChI=1S/C23H28N4O4S2/c1-6-17-11-18(22(29)30-5)21(33-17)24-20(28)13-32-23-26-25-19(27(23)4)12-31-16-9-7-15(8-10-16)14(2)3/h7-11,14H,6,12-13H2,1-5H3,(H,24,28). The number of rotatable bonds is 10. The molecule has 2 heterocycles. The van der Waals surface area contributed by atoms with Gasteiger partial charge in [0.25, 0.3) is 0 Å². The maximum atomic E-state index is 12.5. The molecule has 1 N–H and O–H groups in total. The highest BCUT2D eigenvalue weighted by atomic mass is 32.2. The first-order valence-electron chi connectivity index (χ1n) is 10.6. The van der Waals surface area contributed by atoms with Crippen LogP contribution in [-0.2, 0) is 29.6 Å². The summed E-state index contributed by atoms with van der Waals surface area (Å²) in [6.45, 7) is 6.56. The Kier molecular flexibility index (Phi) is 8.51. The van der Waals surface area contributed by atoms with Crippen molar-refractivity contribution in [1.82, 2.24) is 14.8 Å². The lowest BCUT2D eigenvalue weighted by Crippen LogP contribution is -2.16. The van der Waals surface area contributed by atoms with Crippen molar-refractivity contribution in [2.45, 2.75) is 44.9 Å². The number of benzene rings is 1. The quantitative estimate of drug-likeness (QED) is 0.328. The number of ether oxygens (including phenoxy) is 2. The largest absolute Gasteiger partial charge is 0.486 e. The van der Waals surface area contributed by atoms with Crippen LogP contribution in [0, 0.1) is 0 Å². The van der Waals surface area contributed by atoms with Gasteiger partial charge in [0.15, 0.2) is 11.0 Å². The number of nitrogens with zero attached hydrogens (tertiary/aromatic N) is 3. The number of esters is 1. The normalized spacial score (nSPS) is 11.0. The molecule has 0 aliphatic heterocycles. The molecule has 0 radical (unpaired) electrons. The highest BCUT2D eigenvalue weighted by molar-refractivity contribution is 7.99. The maximum Gasteiger partial charge on any atom is 0.340 e. The number of aryl methyl sites for hydroxylation is 1. The summed E-state index contributed by atoms with van der Waals surface area (Å²) >= 11 is 2.64. The third kappa shape index (κ3) is 6.35. The lowest BCUT2D eigenvalue weighted by molar-refractivity contribution is -0.113. The third-order valence-corrected chi connectivity index (χ3v) is 7.18. The van der Waals surface area contributed by atoms with E-state index in [-0.39, 0.29) is 18.3 Å². The Balaban J connectivity index is 1.55. The average Bonchev–Trinajstić information content (AvgIpc) is 3.38. The molecule has 2 aromatic heterocycles. The lowest BCUT2D eigenvalue weighted by Gasteiger charge is -2.09. The van der Waals surface area contributed by atoms with Crippen LogP contribution in [0.5, 0.6) is 5.75 Å². The topological polar surface area (TPSA) is 95.3 Å². The summed E-state index contributed by atoms with van der Waals surface area (Å²) in [6, 6.07) is 9.76. The Morgan fingerprint density at radius 2 is 1.94 bits per heavy atom. The zero-order valence-corrected chi connectivity index (χ0v) is 21.0. The summed E-state index contributed by atoms with van der Waals surface area (Å²) in [4.78, 5) is 25.5. The molecule has 33 heavy (non-hydrogen) atoms. The van der Waals surface area contributed by atoms with Crippen LogP contribution in [0.1, 0.15) is 53.3 Å². The molecule has 0 atom stereocenters. The average molecular weight is 489 g/mol. The Hall–Kier alpha value is -2.85. The number of aromatic nitrogens is 3. The first kappa shape index (κ1) is 24.8. The summed E-state index contributed by atoms with van der Waals surface area (Å²) in [5.41, 5.74) is 1.63. The Morgan fingerprint density at radius 3 is 2.58 bits per heavy atom. The number of methoxy groups -OCH3 is 1. The van der Waals surface area contributed by atoms with Crippen LogP contribution < -0.4 is 10.1 Å². The predicted octanol–water partition coefficient (Wildman–Crippen LogP) is 4.66. The molecule has 3 aromatic rings. The molecule has 0 bridgehead atoms. The summed E-state index contributed by atoms with van der Waals surface area (Å²) in [5, 5.41) is 12.3. The van der Waals surface area contributed by atoms with E-state index < -0.39 is 5.97 Å². The molecule has 0 fully saturated rings. The molecule has 3 rings (SSSR count). The van der Waals surface area contributed by atoms with E-state index in [0.717, 1.165) is 17.0 Å². The van der Waals surface area contributed by atoms with Gasteiger partial charge in [0.1, 0.15) is 17.4 Å². The fourth-order valence-corrected chi connectivity index (χ4v) is 4.69. The van der Waals surface area contributed by atoms with Crippen molar-refractivity contribution in [3.05, 3.63) is 52.2 Å². The zero-order valence-electron chi connectivity index (χ0n) is 19.4. The van der Waals surface area contributed by atoms with Gasteiger partial charge in [0.2, 0.25) is 5.91 Å². The van der Waals surface area contributed by atoms with Gasteiger partial charge in [0.05, 0.1) is 18.4 Å². The number of thioether (sulfide) groups is 1. The van der Waals surface area contributed by atoms with E-state index in [4.69, 9.17) is 9.47 Å². The van der Waals surface area contributed by atoms with Gasteiger partial charge in [-0.2, -0.15) is 0 Å². The minimum Gasteiger partial charge on any atom is -0.486 e. The van der Waals surface area contributed by atoms with E-state index >= 15 is 0 Å². The molecule has 0 spiro atoms. The van der Waals surface area contributed by atoms with Crippen LogP contribution in [0.4, 0.5) is 5.00 Å². The van der Waals surface area contributed by atoms with E-state index in [1.807, 2.05) is 26.1 Å². The maximum absolute atomic E-state index is 12.5. The predicted molar refractivity (Wildman–Crippen MR) is 130 cm³/mol. The smallest absolute Gasteiger partial charge is 0.340 e. The van der Waals surface area contributed by atoms with Gasteiger partial charge in [-0.1, -0.05) is 44.7 Å². The lowest BCUT2D eigenvalue weighted by atomic mass is 10.0. The van der Waals surface area contributed by atoms with Crippen LogP contribution in [0.3, 0.4) is 0 Å². The van der Waals surface area contributed by atoms with Crippen LogP contribution in [-0.4, -0.2) is 39.5 Å². The monoisotopic (exact) mass is 488 g/mol. The zero-order chi connectivity index (χ0) is 24.0. The summed E-state index contributed by atoms with van der Waals surface area (Å²) in [6.07, 6.45) is 0.769. The highest BCUT2D eigenvalue weighted by Crippen LogP contribution is 2.29. The van der Waals surface area contributed by atoms with Gasteiger partial charge in [0, 0.05) is 11.9 Å². The fourth-order valence-electron chi connectivity index (χ4n) is 2.96. The van der Waals surface area contributed by atoms with Crippen LogP contribution >= 0.6 is 23.1 Å². The van der Waals surface area contributed by atoms with Crippen LogP contribution in [0.25, 0.3) is 0 Å². The van der Waals surface area contributed by atoms with Gasteiger partial charge < -0.3 is 19.4 Å². The second kappa shape index (κ2) is 11.3. The SMILES string of the molecule is CCc1cc(C(=O)OC)c(NC(=O)CSc2nnc(COc3ccc(C(C)C)cc3)n2C)s1. The van der Waals surface area contributed by atoms with Crippen molar-refractivity contribution in [1.29, 1.82) is 0 Å². The number of anilines is 1. The number of carbonyl (C=O) groups excluding carboxylic acids is 2. The van der Waals surface area contributed by atoms with E-state index in [1.54, 1.807) is 10.6 Å². The number of nitrogens with one attached hydrogen (secondary N) is 1. The summed E-state index contributed by atoms with van der Waals surface area (Å²) in [7, 11) is 3.16. The van der Waals surface area contributed by atoms with Gasteiger partial charge >= 0.3 is 5.97 Å². The molecular formula is C23H28N4O4S2. The van der Waals surface area contributed by atoms with Gasteiger partial charge in [-0.05, 0) is 36.1 Å². The fraction of sp³-hybridized carbons (Fsp3) is 0.391. The van der Waals surface area contributed by atoms with E-state index in [1.165, 1.54) is 35.8 Å². The number of hydrogen-bond acceptors (Lipinski definition) is 8. The van der Waals surface area contributed by atoms with Crippen molar-refractivity contribution in [3.8, 4) is 5.75 Å². The molecule has 176 valence electrons. The molecule has 10 heteroatoms. The Labute approximate surface area is 201 Å². The van der Waals surface area contributed by atoms with Gasteiger partial charge in [-0.25, -0.2) is 4.79 Å². The highest BCUT2D eigenvalue weighted by Gasteiger charge is 2.19.